The minimum Gasteiger partial charge on any atom is -0.459 e. The monoisotopic (exact) mass is 301 g/mol. The maximum absolute atomic E-state index is 13.3. The number of rotatable bonds is 4. The highest BCUT2D eigenvalue weighted by molar-refractivity contribution is 5.16. The summed E-state index contributed by atoms with van der Waals surface area (Å²) in [6, 6.07) is 7.20. The Kier molecular flexibility index (Phi) is 4.63. The Hall–Kier alpha value is -2.01. The summed E-state index contributed by atoms with van der Waals surface area (Å²) in [6.07, 6.45) is 5.67. The lowest BCUT2D eigenvalue weighted by atomic mass is 10.1. The zero-order valence-corrected chi connectivity index (χ0v) is 12.7. The van der Waals surface area contributed by atoms with Crippen LogP contribution in [0.25, 0.3) is 0 Å². The molecule has 116 valence electrons. The maximum atomic E-state index is 13.3. The van der Waals surface area contributed by atoms with Gasteiger partial charge in [0, 0.05) is 25.5 Å². The Morgan fingerprint density at radius 2 is 2.14 bits per heavy atom. The Bertz CT molecular complexity index is 618. The fourth-order valence-electron chi connectivity index (χ4n) is 2.74. The molecule has 0 N–H and O–H groups in total. The van der Waals surface area contributed by atoms with Crippen molar-refractivity contribution in [3.8, 4) is 6.01 Å². The number of likely N-dealkylation sites (tertiary alicyclic amines) is 1. The average Bonchev–Trinajstić information content (AvgIpc) is 2.50. The first kappa shape index (κ1) is 14.9. The fraction of sp³-hybridized carbons (Fsp3) is 0.412. The van der Waals surface area contributed by atoms with E-state index in [-0.39, 0.29) is 11.9 Å². The van der Waals surface area contributed by atoms with Crippen molar-refractivity contribution in [3.63, 3.8) is 0 Å². The van der Waals surface area contributed by atoms with Gasteiger partial charge >= 0.3 is 6.01 Å². The first-order chi connectivity index (χ1) is 10.7. The topological polar surface area (TPSA) is 38.2 Å². The van der Waals surface area contributed by atoms with Crippen molar-refractivity contribution in [2.75, 3.05) is 13.1 Å². The lowest BCUT2D eigenvalue weighted by Crippen LogP contribution is -2.40. The smallest absolute Gasteiger partial charge is 0.316 e. The summed E-state index contributed by atoms with van der Waals surface area (Å²) >= 11 is 0. The van der Waals surface area contributed by atoms with E-state index in [1.807, 2.05) is 13.0 Å². The largest absolute Gasteiger partial charge is 0.459 e. The van der Waals surface area contributed by atoms with Crippen LogP contribution in [0, 0.1) is 12.7 Å². The molecule has 1 aromatic carbocycles. The van der Waals surface area contributed by atoms with Crippen molar-refractivity contribution < 1.29 is 9.13 Å². The third-order valence-corrected chi connectivity index (χ3v) is 3.79. The number of piperidine rings is 1. The summed E-state index contributed by atoms with van der Waals surface area (Å²) in [5, 5.41) is 0. The molecule has 1 fully saturated rings. The molecule has 0 spiro atoms. The summed E-state index contributed by atoms with van der Waals surface area (Å²) in [4.78, 5) is 10.7. The lowest BCUT2D eigenvalue weighted by Gasteiger charge is -2.32. The van der Waals surface area contributed by atoms with Gasteiger partial charge in [-0.3, -0.25) is 4.90 Å². The Morgan fingerprint density at radius 1 is 1.32 bits per heavy atom. The summed E-state index contributed by atoms with van der Waals surface area (Å²) in [5.41, 5.74) is 2.01. The lowest BCUT2D eigenvalue weighted by molar-refractivity contribution is 0.0770. The number of hydrogen-bond acceptors (Lipinski definition) is 4. The molecule has 0 bridgehead atoms. The van der Waals surface area contributed by atoms with Crippen LogP contribution in [-0.4, -0.2) is 34.1 Å². The van der Waals surface area contributed by atoms with E-state index in [0.29, 0.717) is 6.01 Å². The van der Waals surface area contributed by atoms with E-state index in [1.165, 1.54) is 6.07 Å². The second kappa shape index (κ2) is 6.83. The molecule has 0 radical (unpaired) electrons. The molecule has 1 aliphatic rings. The Morgan fingerprint density at radius 3 is 2.91 bits per heavy atom. The number of nitrogens with zero attached hydrogens (tertiary/aromatic N) is 3. The predicted molar refractivity (Wildman–Crippen MR) is 82.1 cm³/mol. The van der Waals surface area contributed by atoms with Crippen LogP contribution in [0.3, 0.4) is 0 Å². The third kappa shape index (κ3) is 4.01. The van der Waals surface area contributed by atoms with Gasteiger partial charge in [-0.25, -0.2) is 14.4 Å². The van der Waals surface area contributed by atoms with Gasteiger partial charge in [0.05, 0.1) is 0 Å². The van der Waals surface area contributed by atoms with Gasteiger partial charge in [-0.05, 0) is 49.6 Å². The van der Waals surface area contributed by atoms with Crippen molar-refractivity contribution in [1.82, 2.24) is 14.9 Å². The molecular formula is C17H20FN3O. The van der Waals surface area contributed by atoms with E-state index in [1.54, 1.807) is 24.5 Å². The Balaban J connectivity index is 1.58. The van der Waals surface area contributed by atoms with Crippen LogP contribution >= 0.6 is 0 Å². The molecular weight excluding hydrogens is 281 g/mol. The fourth-order valence-corrected chi connectivity index (χ4v) is 2.74. The molecule has 22 heavy (non-hydrogen) atoms. The minimum absolute atomic E-state index is 0.0880. The van der Waals surface area contributed by atoms with Crippen LogP contribution in [0.2, 0.25) is 0 Å². The molecule has 4 nitrogen and oxygen atoms in total. The van der Waals surface area contributed by atoms with E-state index < -0.39 is 0 Å². The molecule has 1 unspecified atom stereocenters. The maximum Gasteiger partial charge on any atom is 0.316 e. The van der Waals surface area contributed by atoms with Crippen molar-refractivity contribution >= 4 is 0 Å². The van der Waals surface area contributed by atoms with E-state index in [2.05, 4.69) is 14.9 Å². The number of aromatic nitrogens is 2. The first-order valence-corrected chi connectivity index (χ1v) is 7.61. The quantitative estimate of drug-likeness (QED) is 0.870. The van der Waals surface area contributed by atoms with Gasteiger partial charge in [-0.15, -0.1) is 0 Å². The molecule has 1 aromatic heterocycles. The molecule has 0 saturated carbocycles. The highest BCUT2D eigenvalue weighted by Gasteiger charge is 2.22. The summed E-state index contributed by atoms with van der Waals surface area (Å²) in [5.74, 6) is -0.185. The van der Waals surface area contributed by atoms with Crippen LogP contribution in [0.4, 0.5) is 4.39 Å². The van der Waals surface area contributed by atoms with E-state index in [0.717, 1.165) is 43.6 Å². The summed E-state index contributed by atoms with van der Waals surface area (Å²) < 4.78 is 19.1. The van der Waals surface area contributed by atoms with Crippen molar-refractivity contribution in [2.45, 2.75) is 32.4 Å². The number of ether oxygens (including phenoxy) is 1. The SMILES string of the molecule is Cc1cnc(OC2CCCN(Cc3cccc(F)c3)C2)nc1. The van der Waals surface area contributed by atoms with Crippen molar-refractivity contribution in [3.05, 3.63) is 53.6 Å². The third-order valence-electron chi connectivity index (χ3n) is 3.79. The van der Waals surface area contributed by atoms with E-state index >= 15 is 0 Å². The molecule has 2 aromatic rings. The molecule has 1 saturated heterocycles. The second-order valence-electron chi connectivity index (χ2n) is 5.79. The van der Waals surface area contributed by atoms with E-state index in [4.69, 9.17) is 4.74 Å². The molecule has 3 rings (SSSR count). The van der Waals surface area contributed by atoms with Crippen LogP contribution < -0.4 is 4.74 Å². The van der Waals surface area contributed by atoms with Crippen molar-refractivity contribution in [1.29, 1.82) is 0 Å². The molecule has 0 aliphatic carbocycles. The number of hydrogen-bond donors (Lipinski definition) is 0. The van der Waals surface area contributed by atoms with Gasteiger partial charge in [0.2, 0.25) is 0 Å². The van der Waals surface area contributed by atoms with Gasteiger partial charge in [-0.2, -0.15) is 0 Å². The van der Waals surface area contributed by atoms with Gasteiger partial charge in [0.25, 0.3) is 0 Å². The van der Waals surface area contributed by atoms with Gasteiger partial charge in [0.1, 0.15) is 11.9 Å². The molecule has 0 amide bonds. The second-order valence-corrected chi connectivity index (χ2v) is 5.79. The highest BCUT2D eigenvalue weighted by Crippen LogP contribution is 2.17. The minimum atomic E-state index is -0.185. The number of benzene rings is 1. The van der Waals surface area contributed by atoms with Crippen LogP contribution in [0.5, 0.6) is 6.01 Å². The van der Waals surface area contributed by atoms with Crippen LogP contribution in [0.15, 0.2) is 36.7 Å². The highest BCUT2D eigenvalue weighted by atomic mass is 19.1. The predicted octanol–water partition coefficient (Wildman–Crippen LogP) is 2.97. The molecule has 2 heterocycles. The van der Waals surface area contributed by atoms with Gasteiger partial charge in [-0.1, -0.05) is 12.1 Å². The zero-order chi connectivity index (χ0) is 15.4. The van der Waals surface area contributed by atoms with Crippen LogP contribution in [-0.2, 0) is 6.54 Å². The Labute approximate surface area is 130 Å². The average molecular weight is 301 g/mol. The summed E-state index contributed by atoms with van der Waals surface area (Å²) in [7, 11) is 0. The zero-order valence-electron chi connectivity index (χ0n) is 12.7. The van der Waals surface area contributed by atoms with Gasteiger partial charge < -0.3 is 4.74 Å². The van der Waals surface area contributed by atoms with Crippen LogP contribution in [0.1, 0.15) is 24.0 Å². The number of halogens is 1. The first-order valence-electron chi connectivity index (χ1n) is 7.61. The van der Waals surface area contributed by atoms with Crippen molar-refractivity contribution in [2.24, 2.45) is 0 Å². The van der Waals surface area contributed by atoms with Gasteiger partial charge in [0.15, 0.2) is 0 Å². The summed E-state index contributed by atoms with van der Waals surface area (Å²) in [6.45, 7) is 4.51. The molecule has 5 heteroatoms. The standard InChI is InChI=1S/C17H20FN3O/c1-13-9-19-17(20-10-13)22-16-6-3-7-21(12-16)11-14-4-2-5-15(18)8-14/h2,4-5,8-10,16H,3,6-7,11-12H2,1H3. The van der Waals surface area contributed by atoms with E-state index in [9.17, 15) is 4.39 Å². The number of aryl methyl sites for hydroxylation is 1. The molecule has 1 atom stereocenters. The normalized spacial score (nSPS) is 19.1. The molecule has 1 aliphatic heterocycles.